The first-order valence-corrected chi connectivity index (χ1v) is 10.4. The molecular weight excluding hydrogens is 422 g/mol. The molecule has 0 aliphatic carbocycles. The van der Waals surface area contributed by atoms with Crippen molar-refractivity contribution < 1.29 is 23.5 Å². The van der Waals surface area contributed by atoms with Gasteiger partial charge in [0.2, 0.25) is 6.10 Å². The molecule has 0 aliphatic heterocycles. The second kappa shape index (κ2) is 10.4. The molecule has 2 N–H and O–H groups in total. The van der Waals surface area contributed by atoms with E-state index >= 15 is 0 Å². The molecule has 31 heavy (non-hydrogen) atoms. The standard InChI is InChI=1S/C20H21N5O5S/c1-3-25-17(14-10-7-11-29-14)23-24-20(25)31-12-15(26)30-16(13-8-5-4-6-9-13)18(27)22-19(28)21-2/h4-11,16H,3,12H2,1-2H3,(H2,21,22,27,28)/t16-/m1/s1. The van der Waals surface area contributed by atoms with Crippen LogP contribution in [0, 0.1) is 0 Å². The van der Waals surface area contributed by atoms with Gasteiger partial charge >= 0.3 is 12.0 Å². The SMILES string of the molecule is CCn1c(SCC(=O)O[C@@H](C(=O)NC(=O)NC)c2ccccc2)nnc1-c1ccco1. The van der Waals surface area contributed by atoms with Crippen LogP contribution in [0.2, 0.25) is 0 Å². The molecule has 11 heteroatoms. The molecule has 0 saturated heterocycles. The Kier molecular flexibility index (Phi) is 7.44. The van der Waals surface area contributed by atoms with Crippen LogP contribution in [0.5, 0.6) is 0 Å². The number of imide groups is 1. The van der Waals surface area contributed by atoms with Gasteiger partial charge in [-0.25, -0.2) is 4.79 Å². The van der Waals surface area contributed by atoms with Crippen molar-refractivity contribution in [3.63, 3.8) is 0 Å². The van der Waals surface area contributed by atoms with Gasteiger partial charge in [0.15, 0.2) is 16.7 Å². The third kappa shape index (κ3) is 5.51. The average Bonchev–Trinajstić information content (AvgIpc) is 3.45. The quantitative estimate of drug-likeness (QED) is 0.401. The molecule has 0 bridgehead atoms. The Morgan fingerprint density at radius 1 is 1.16 bits per heavy atom. The minimum absolute atomic E-state index is 0.104. The van der Waals surface area contributed by atoms with Gasteiger partial charge in [0.25, 0.3) is 5.91 Å². The number of benzene rings is 1. The molecule has 0 aliphatic rings. The van der Waals surface area contributed by atoms with E-state index in [1.165, 1.54) is 7.05 Å². The molecule has 3 amide bonds. The van der Waals surface area contributed by atoms with Crippen molar-refractivity contribution in [3.05, 3.63) is 54.3 Å². The first kappa shape index (κ1) is 22.1. The molecule has 1 aromatic carbocycles. The molecule has 3 rings (SSSR count). The topological polar surface area (TPSA) is 128 Å². The minimum atomic E-state index is -1.27. The summed E-state index contributed by atoms with van der Waals surface area (Å²) in [5.41, 5.74) is 0.444. The maximum atomic E-state index is 12.5. The van der Waals surface area contributed by atoms with Crippen molar-refractivity contribution in [2.45, 2.75) is 24.7 Å². The van der Waals surface area contributed by atoms with Crippen LogP contribution in [0.25, 0.3) is 11.6 Å². The average molecular weight is 443 g/mol. The second-order valence-corrected chi connectivity index (χ2v) is 7.11. The van der Waals surface area contributed by atoms with Gasteiger partial charge in [-0.05, 0) is 19.1 Å². The van der Waals surface area contributed by atoms with Gasteiger partial charge in [0, 0.05) is 19.2 Å². The number of hydrogen-bond acceptors (Lipinski definition) is 8. The first-order chi connectivity index (χ1) is 15.0. The number of esters is 1. The highest BCUT2D eigenvalue weighted by atomic mass is 32.2. The number of rotatable bonds is 8. The van der Waals surface area contributed by atoms with E-state index < -0.39 is 24.0 Å². The molecule has 2 aromatic heterocycles. The molecule has 1 atom stereocenters. The number of thioether (sulfide) groups is 1. The molecule has 10 nitrogen and oxygen atoms in total. The lowest BCUT2D eigenvalue weighted by Gasteiger charge is -2.17. The molecule has 3 aromatic rings. The second-order valence-electron chi connectivity index (χ2n) is 6.17. The third-order valence-electron chi connectivity index (χ3n) is 4.15. The molecule has 2 heterocycles. The zero-order valence-corrected chi connectivity index (χ0v) is 17.7. The van der Waals surface area contributed by atoms with Crippen molar-refractivity contribution in [3.8, 4) is 11.6 Å². The number of urea groups is 1. The predicted octanol–water partition coefficient (Wildman–Crippen LogP) is 2.39. The fourth-order valence-corrected chi connectivity index (χ4v) is 3.48. The van der Waals surface area contributed by atoms with Gasteiger partial charge in [-0.2, -0.15) is 0 Å². The van der Waals surface area contributed by atoms with E-state index in [2.05, 4.69) is 20.8 Å². The number of carbonyl (C=O) groups excluding carboxylic acids is 3. The number of furan rings is 1. The molecule has 0 spiro atoms. The third-order valence-corrected chi connectivity index (χ3v) is 5.09. The zero-order valence-electron chi connectivity index (χ0n) is 16.9. The lowest BCUT2D eigenvalue weighted by molar-refractivity contribution is -0.153. The minimum Gasteiger partial charge on any atom is -0.461 e. The Labute approximate surface area is 182 Å². The molecule has 0 fully saturated rings. The van der Waals surface area contributed by atoms with Crippen LogP contribution in [0.3, 0.4) is 0 Å². The summed E-state index contributed by atoms with van der Waals surface area (Å²) < 4.78 is 12.6. The lowest BCUT2D eigenvalue weighted by Crippen LogP contribution is -2.41. The number of nitrogens with one attached hydrogen (secondary N) is 2. The highest BCUT2D eigenvalue weighted by Gasteiger charge is 2.27. The van der Waals surface area contributed by atoms with E-state index in [4.69, 9.17) is 9.15 Å². The summed E-state index contributed by atoms with van der Waals surface area (Å²) in [6, 6.07) is 11.3. The van der Waals surface area contributed by atoms with E-state index in [1.807, 2.05) is 11.5 Å². The Balaban J connectivity index is 1.69. The van der Waals surface area contributed by atoms with Crippen molar-refractivity contribution in [2.24, 2.45) is 0 Å². The predicted molar refractivity (Wildman–Crippen MR) is 112 cm³/mol. The highest BCUT2D eigenvalue weighted by Crippen LogP contribution is 2.25. The van der Waals surface area contributed by atoms with E-state index in [-0.39, 0.29) is 5.75 Å². The normalized spacial score (nSPS) is 11.5. The smallest absolute Gasteiger partial charge is 0.321 e. The number of carbonyl (C=O) groups is 3. The van der Waals surface area contributed by atoms with Gasteiger partial charge in [-0.15, -0.1) is 10.2 Å². The van der Waals surface area contributed by atoms with Gasteiger partial charge in [0.05, 0.1) is 12.0 Å². The molecule has 0 radical (unpaired) electrons. The van der Waals surface area contributed by atoms with E-state index in [0.29, 0.717) is 28.8 Å². The largest absolute Gasteiger partial charge is 0.461 e. The van der Waals surface area contributed by atoms with E-state index in [1.54, 1.807) is 48.7 Å². The Morgan fingerprint density at radius 2 is 1.94 bits per heavy atom. The maximum Gasteiger partial charge on any atom is 0.321 e. The summed E-state index contributed by atoms with van der Waals surface area (Å²) in [5, 5.41) is 13.2. The monoisotopic (exact) mass is 443 g/mol. The summed E-state index contributed by atoms with van der Waals surface area (Å²) >= 11 is 1.13. The number of nitrogens with zero attached hydrogens (tertiary/aromatic N) is 3. The fourth-order valence-electron chi connectivity index (χ4n) is 2.70. The van der Waals surface area contributed by atoms with Crippen molar-refractivity contribution in [2.75, 3.05) is 12.8 Å². The lowest BCUT2D eigenvalue weighted by atomic mass is 10.1. The summed E-state index contributed by atoms with van der Waals surface area (Å²) in [5.74, 6) is -0.376. The van der Waals surface area contributed by atoms with Crippen molar-refractivity contribution >= 4 is 29.7 Å². The van der Waals surface area contributed by atoms with Gasteiger partial charge in [-0.1, -0.05) is 42.1 Å². The van der Waals surface area contributed by atoms with Gasteiger partial charge in [-0.3, -0.25) is 19.5 Å². The van der Waals surface area contributed by atoms with Gasteiger partial charge < -0.3 is 14.5 Å². The number of hydrogen-bond donors (Lipinski definition) is 2. The Morgan fingerprint density at radius 3 is 2.58 bits per heavy atom. The van der Waals surface area contributed by atoms with Gasteiger partial charge in [0.1, 0.15) is 0 Å². The van der Waals surface area contributed by atoms with Crippen molar-refractivity contribution in [1.82, 2.24) is 25.4 Å². The first-order valence-electron chi connectivity index (χ1n) is 9.40. The number of ether oxygens (including phenoxy) is 1. The summed E-state index contributed by atoms with van der Waals surface area (Å²) in [7, 11) is 1.38. The number of amides is 3. The molecule has 0 saturated carbocycles. The fraction of sp³-hybridized carbons (Fsp3) is 0.250. The van der Waals surface area contributed by atoms with Crippen LogP contribution >= 0.6 is 11.8 Å². The molecule has 162 valence electrons. The molecular formula is C20H21N5O5S. The van der Waals surface area contributed by atoms with Crippen LogP contribution < -0.4 is 10.6 Å². The molecule has 0 unspecified atom stereocenters. The van der Waals surface area contributed by atoms with E-state index in [0.717, 1.165) is 11.8 Å². The van der Waals surface area contributed by atoms with Crippen LogP contribution in [-0.2, 0) is 20.9 Å². The van der Waals surface area contributed by atoms with Crippen LogP contribution in [0.1, 0.15) is 18.6 Å². The summed E-state index contributed by atoms with van der Waals surface area (Å²) in [4.78, 5) is 36.5. The zero-order chi connectivity index (χ0) is 22.2. The Bertz CT molecular complexity index is 1040. The Hall–Kier alpha value is -3.60. The van der Waals surface area contributed by atoms with Crippen LogP contribution in [-0.4, -0.2) is 45.5 Å². The number of aromatic nitrogens is 3. The highest BCUT2D eigenvalue weighted by molar-refractivity contribution is 7.99. The van der Waals surface area contributed by atoms with Crippen LogP contribution in [0.4, 0.5) is 4.79 Å². The van der Waals surface area contributed by atoms with Crippen molar-refractivity contribution in [1.29, 1.82) is 0 Å². The van der Waals surface area contributed by atoms with E-state index in [9.17, 15) is 14.4 Å². The maximum absolute atomic E-state index is 12.5. The summed E-state index contributed by atoms with van der Waals surface area (Å²) in [6.45, 7) is 2.49. The summed E-state index contributed by atoms with van der Waals surface area (Å²) in [6.07, 6.45) is 0.274. The van der Waals surface area contributed by atoms with Crippen LogP contribution in [0.15, 0.2) is 58.3 Å².